The fourth-order valence-corrected chi connectivity index (χ4v) is 3.59. The van der Waals surface area contributed by atoms with Gasteiger partial charge in [-0.25, -0.2) is 17.5 Å². The third-order valence-corrected chi connectivity index (χ3v) is 5.38. The van der Waals surface area contributed by atoms with Gasteiger partial charge in [0.25, 0.3) is 0 Å². The lowest BCUT2D eigenvalue weighted by Gasteiger charge is -2.26. The van der Waals surface area contributed by atoms with Gasteiger partial charge in [-0.05, 0) is 49.9 Å². The summed E-state index contributed by atoms with van der Waals surface area (Å²) >= 11 is 0. The Bertz CT molecular complexity index is 626. The van der Waals surface area contributed by atoms with E-state index in [0.717, 1.165) is 37.8 Å². The van der Waals surface area contributed by atoms with Crippen molar-refractivity contribution in [2.75, 3.05) is 6.54 Å². The van der Waals surface area contributed by atoms with Crippen molar-refractivity contribution in [2.45, 2.75) is 49.1 Å². The number of carbonyl (C=O) groups excluding carboxylic acids is 1. The molecule has 0 aliphatic heterocycles. The lowest BCUT2D eigenvalue weighted by molar-refractivity contribution is -0.121. The van der Waals surface area contributed by atoms with E-state index in [2.05, 4.69) is 10.0 Å². The second kappa shape index (κ2) is 7.85. The summed E-state index contributed by atoms with van der Waals surface area (Å²) in [4.78, 5) is 11.8. The molecular weight excluding hydrogens is 321 g/mol. The molecule has 0 aromatic heterocycles. The predicted molar refractivity (Wildman–Crippen MR) is 84.6 cm³/mol. The molecule has 2 rings (SSSR count). The van der Waals surface area contributed by atoms with Crippen LogP contribution in [0.5, 0.6) is 0 Å². The maximum absolute atomic E-state index is 12.8. The van der Waals surface area contributed by atoms with Gasteiger partial charge < -0.3 is 11.1 Å². The van der Waals surface area contributed by atoms with Gasteiger partial charge in [-0.2, -0.15) is 0 Å². The highest BCUT2D eigenvalue weighted by Crippen LogP contribution is 2.17. The van der Waals surface area contributed by atoms with E-state index in [1.54, 1.807) is 0 Å². The zero-order chi connectivity index (χ0) is 16.9. The molecule has 0 heterocycles. The van der Waals surface area contributed by atoms with Gasteiger partial charge in [-0.15, -0.1) is 0 Å². The molecule has 128 valence electrons. The SMILES string of the molecule is NC1CCC(NC(=O)CCNS(=O)(=O)c2ccc(F)cc2)CC1. The van der Waals surface area contributed by atoms with Crippen molar-refractivity contribution in [1.29, 1.82) is 0 Å². The number of halogens is 1. The van der Waals surface area contributed by atoms with E-state index in [4.69, 9.17) is 5.73 Å². The Morgan fingerprint density at radius 1 is 1.17 bits per heavy atom. The Morgan fingerprint density at radius 3 is 2.39 bits per heavy atom. The standard InChI is InChI=1S/C15H22FN3O3S/c16-11-1-7-14(8-2-11)23(21,22)18-10-9-15(20)19-13-5-3-12(17)4-6-13/h1-2,7-8,12-13,18H,3-6,9-10,17H2,(H,19,20). The van der Waals surface area contributed by atoms with Crippen molar-refractivity contribution in [3.8, 4) is 0 Å². The largest absolute Gasteiger partial charge is 0.353 e. The van der Waals surface area contributed by atoms with Gasteiger partial charge in [0, 0.05) is 25.0 Å². The molecule has 1 aromatic rings. The number of nitrogens with one attached hydrogen (secondary N) is 2. The van der Waals surface area contributed by atoms with Crippen molar-refractivity contribution in [2.24, 2.45) is 5.73 Å². The van der Waals surface area contributed by atoms with E-state index in [-0.39, 0.29) is 35.9 Å². The summed E-state index contributed by atoms with van der Waals surface area (Å²) in [6, 6.07) is 4.86. The molecule has 0 unspecified atom stereocenters. The van der Waals surface area contributed by atoms with E-state index >= 15 is 0 Å². The van der Waals surface area contributed by atoms with Crippen LogP contribution in [0.4, 0.5) is 4.39 Å². The quantitative estimate of drug-likeness (QED) is 0.714. The first-order valence-electron chi connectivity index (χ1n) is 7.67. The van der Waals surface area contributed by atoms with Crippen LogP contribution in [0.2, 0.25) is 0 Å². The summed E-state index contributed by atoms with van der Waals surface area (Å²) in [6.45, 7) is -0.00221. The highest BCUT2D eigenvalue weighted by Gasteiger charge is 2.20. The van der Waals surface area contributed by atoms with Crippen molar-refractivity contribution in [1.82, 2.24) is 10.0 Å². The molecule has 0 atom stereocenters. The lowest BCUT2D eigenvalue weighted by atomic mass is 9.92. The molecule has 1 amide bonds. The first kappa shape index (κ1) is 17.8. The minimum Gasteiger partial charge on any atom is -0.353 e. The first-order valence-corrected chi connectivity index (χ1v) is 9.15. The highest BCUT2D eigenvalue weighted by atomic mass is 32.2. The van der Waals surface area contributed by atoms with Gasteiger partial charge in [0.1, 0.15) is 5.82 Å². The number of benzene rings is 1. The monoisotopic (exact) mass is 343 g/mol. The third kappa shape index (κ3) is 5.56. The molecule has 0 radical (unpaired) electrons. The van der Waals surface area contributed by atoms with Crippen molar-refractivity contribution >= 4 is 15.9 Å². The normalized spacial score (nSPS) is 21.8. The number of carbonyl (C=O) groups is 1. The zero-order valence-electron chi connectivity index (χ0n) is 12.8. The summed E-state index contributed by atoms with van der Waals surface area (Å²) in [5.74, 6) is -0.692. The summed E-state index contributed by atoms with van der Waals surface area (Å²) in [5.41, 5.74) is 5.81. The molecule has 23 heavy (non-hydrogen) atoms. The van der Waals surface area contributed by atoms with Crippen molar-refractivity contribution in [3.63, 3.8) is 0 Å². The molecule has 4 N–H and O–H groups in total. The summed E-state index contributed by atoms with van der Waals surface area (Å²) in [7, 11) is -3.73. The number of amides is 1. The van der Waals surface area contributed by atoms with Gasteiger partial charge in [-0.3, -0.25) is 4.79 Å². The second-order valence-corrected chi connectivity index (χ2v) is 7.55. The number of nitrogens with two attached hydrogens (primary N) is 1. The van der Waals surface area contributed by atoms with E-state index in [9.17, 15) is 17.6 Å². The smallest absolute Gasteiger partial charge is 0.240 e. The number of sulfonamides is 1. The minimum atomic E-state index is -3.73. The average Bonchev–Trinajstić information content (AvgIpc) is 2.50. The molecule has 8 heteroatoms. The van der Waals surface area contributed by atoms with Crippen molar-refractivity contribution < 1.29 is 17.6 Å². The molecule has 1 aromatic carbocycles. The molecule has 6 nitrogen and oxygen atoms in total. The Balaban J connectivity index is 1.75. The summed E-state index contributed by atoms with van der Waals surface area (Å²) < 4.78 is 39.1. The minimum absolute atomic E-state index is 0.00221. The molecule has 0 bridgehead atoms. The molecule has 1 saturated carbocycles. The van der Waals surface area contributed by atoms with Crippen LogP contribution in [0, 0.1) is 5.82 Å². The van der Waals surface area contributed by atoms with Crippen LogP contribution in [0.25, 0.3) is 0 Å². The van der Waals surface area contributed by atoms with Crippen molar-refractivity contribution in [3.05, 3.63) is 30.1 Å². The van der Waals surface area contributed by atoms with Gasteiger partial charge in [-0.1, -0.05) is 0 Å². The molecule has 1 aliphatic carbocycles. The lowest BCUT2D eigenvalue weighted by Crippen LogP contribution is -2.41. The van der Waals surface area contributed by atoms with Crippen LogP contribution < -0.4 is 15.8 Å². The number of hydrogen-bond acceptors (Lipinski definition) is 4. The highest BCUT2D eigenvalue weighted by molar-refractivity contribution is 7.89. The Hall–Kier alpha value is -1.51. The number of hydrogen-bond donors (Lipinski definition) is 3. The van der Waals surface area contributed by atoms with Crippen LogP contribution in [-0.4, -0.2) is 33.0 Å². The molecular formula is C15H22FN3O3S. The first-order chi connectivity index (χ1) is 10.9. The van der Waals surface area contributed by atoms with Gasteiger partial charge in [0.15, 0.2) is 0 Å². The Labute approximate surface area is 135 Å². The topological polar surface area (TPSA) is 101 Å². The van der Waals surface area contributed by atoms with Crippen LogP contribution >= 0.6 is 0 Å². The molecule has 1 fully saturated rings. The van der Waals surface area contributed by atoms with Gasteiger partial charge in [0.05, 0.1) is 4.90 Å². The number of rotatable bonds is 6. The van der Waals surface area contributed by atoms with E-state index in [1.807, 2.05) is 0 Å². The van der Waals surface area contributed by atoms with E-state index < -0.39 is 15.8 Å². The van der Waals surface area contributed by atoms with E-state index in [0.29, 0.717) is 0 Å². The van der Waals surface area contributed by atoms with Gasteiger partial charge >= 0.3 is 0 Å². The molecule has 0 spiro atoms. The van der Waals surface area contributed by atoms with Crippen LogP contribution in [-0.2, 0) is 14.8 Å². The zero-order valence-corrected chi connectivity index (χ0v) is 13.6. The maximum atomic E-state index is 12.8. The van der Waals surface area contributed by atoms with Crippen LogP contribution in [0.15, 0.2) is 29.2 Å². The maximum Gasteiger partial charge on any atom is 0.240 e. The average molecular weight is 343 g/mol. The Kier molecular flexibility index (Phi) is 6.09. The van der Waals surface area contributed by atoms with Crippen LogP contribution in [0.1, 0.15) is 32.1 Å². The molecule has 1 aliphatic rings. The van der Waals surface area contributed by atoms with Crippen LogP contribution in [0.3, 0.4) is 0 Å². The predicted octanol–water partition coefficient (Wildman–Crippen LogP) is 0.880. The third-order valence-electron chi connectivity index (χ3n) is 3.91. The van der Waals surface area contributed by atoms with E-state index in [1.165, 1.54) is 12.1 Å². The summed E-state index contributed by atoms with van der Waals surface area (Å²) in [6.07, 6.45) is 3.55. The fraction of sp³-hybridized carbons (Fsp3) is 0.533. The van der Waals surface area contributed by atoms with Gasteiger partial charge in [0.2, 0.25) is 15.9 Å². The summed E-state index contributed by atoms with van der Waals surface area (Å²) in [5, 5.41) is 2.89. The fourth-order valence-electron chi connectivity index (χ4n) is 2.56. The Morgan fingerprint density at radius 2 is 1.78 bits per heavy atom. The second-order valence-electron chi connectivity index (χ2n) is 5.78. The molecule has 0 saturated heterocycles.